The average molecular weight is 173 g/mol. The van der Waals surface area contributed by atoms with E-state index in [9.17, 15) is 0 Å². The van der Waals surface area contributed by atoms with E-state index in [1.54, 1.807) is 0 Å². The molecule has 0 aliphatic rings. The summed E-state index contributed by atoms with van der Waals surface area (Å²) in [6.07, 6.45) is 0. The van der Waals surface area contributed by atoms with Crippen LogP contribution in [0.15, 0.2) is 0 Å². The van der Waals surface area contributed by atoms with Crippen molar-refractivity contribution in [2.75, 3.05) is 9.86 Å². The summed E-state index contributed by atoms with van der Waals surface area (Å²) in [6.45, 7) is 0. The third-order valence-electron chi connectivity index (χ3n) is 0. The van der Waals surface area contributed by atoms with Gasteiger partial charge in [0.2, 0.25) is 0 Å². The van der Waals surface area contributed by atoms with E-state index in [0.717, 1.165) is 0 Å². The molecule has 0 bridgehead atoms. The average Bonchev–Trinajstić information content (AvgIpc) is 0.918. The van der Waals surface area contributed by atoms with Gasteiger partial charge in [0.15, 0.2) is 0 Å². The molecule has 0 N–H and O–H groups in total. The van der Waals surface area contributed by atoms with Gasteiger partial charge in [0, 0.05) is 0 Å². The van der Waals surface area contributed by atoms with Crippen LogP contribution in [0.5, 0.6) is 0 Å². The third kappa shape index (κ3) is 15.3. The van der Waals surface area contributed by atoms with E-state index in [0.29, 0.717) is 21.2 Å². The van der Waals surface area contributed by atoms with Crippen LogP contribution in [0, 0.1) is 0 Å². The van der Waals surface area contributed by atoms with Crippen LogP contribution in [0.2, 0.25) is 0 Å². The SMILES string of the molecule is C.C[I+]C. The second kappa shape index (κ2) is 9.29. The lowest BCUT2D eigenvalue weighted by molar-refractivity contribution is -0.597. The zero-order valence-corrected chi connectivity index (χ0v) is 4.54. The Labute approximate surface area is 38.9 Å². The second-order valence-electron chi connectivity index (χ2n) is 0.378. The molecule has 0 spiro atoms. The van der Waals surface area contributed by atoms with Crippen LogP contribution in [-0.4, -0.2) is 9.86 Å². The van der Waals surface area contributed by atoms with E-state index in [1.807, 2.05) is 0 Å². The summed E-state index contributed by atoms with van der Waals surface area (Å²) in [7, 11) is 0. The quantitative estimate of drug-likeness (QED) is 0.293. The van der Waals surface area contributed by atoms with Gasteiger partial charge in [-0.05, 0) is 0 Å². The van der Waals surface area contributed by atoms with Crippen molar-refractivity contribution in [3.63, 3.8) is 0 Å². The highest BCUT2D eigenvalue weighted by Crippen LogP contribution is 0.388. The van der Waals surface area contributed by atoms with Crippen LogP contribution in [0.1, 0.15) is 7.43 Å². The maximum Gasteiger partial charge on any atom is 0.261 e. The minimum atomic E-state index is 0. The van der Waals surface area contributed by atoms with Gasteiger partial charge >= 0.3 is 0 Å². The Morgan fingerprint density at radius 2 is 1.25 bits per heavy atom. The molecule has 1 heteroatoms. The zero-order chi connectivity index (χ0) is 2.71. The van der Waals surface area contributed by atoms with Gasteiger partial charge in [0.25, 0.3) is 21.2 Å². The van der Waals surface area contributed by atoms with Gasteiger partial charge in [-0.3, -0.25) is 0 Å². The van der Waals surface area contributed by atoms with Crippen molar-refractivity contribution in [3.8, 4) is 0 Å². The molecule has 0 saturated carbocycles. The van der Waals surface area contributed by atoms with Crippen molar-refractivity contribution >= 4 is 0 Å². The van der Waals surface area contributed by atoms with E-state index in [1.165, 1.54) is 0 Å². The van der Waals surface area contributed by atoms with Gasteiger partial charge in [0.1, 0.15) is 9.86 Å². The van der Waals surface area contributed by atoms with Gasteiger partial charge in [-0.2, -0.15) is 0 Å². The van der Waals surface area contributed by atoms with Crippen LogP contribution in [0.25, 0.3) is 0 Å². The molecule has 0 aliphatic carbocycles. The molecule has 0 aliphatic heterocycles. The minimum absolute atomic E-state index is 0. The number of hydrogen-bond acceptors (Lipinski definition) is 0. The molecule has 0 amide bonds. The van der Waals surface area contributed by atoms with Crippen LogP contribution in [0.3, 0.4) is 0 Å². The van der Waals surface area contributed by atoms with Crippen molar-refractivity contribution in [1.82, 2.24) is 0 Å². The molecule has 0 radical (unpaired) electrons. The first kappa shape index (κ1) is 8.83. The Hall–Kier alpha value is 0.730. The molecule has 0 fully saturated rings. The van der Waals surface area contributed by atoms with Crippen molar-refractivity contribution < 1.29 is 21.2 Å². The summed E-state index contributed by atoms with van der Waals surface area (Å²) in [5, 5.41) is 0. The zero-order valence-electron chi connectivity index (χ0n) is 2.38. The lowest BCUT2D eigenvalue weighted by atomic mass is 12.0. The Morgan fingerprint density at radius 1 is 1.25 bits per heavy atom. The van der Waals surface area contributed by atoms with E-state index < -0.39 is 0 Å². The predicted molar refractivity (Wildman–Crippen MR) is 18.6 cm³/mol. The van der Waals surface area contributed by atoms with E-state index in [2.05, 4.69) is 9.86 Å². The smallest absolute Gasteiger partial charge is 0.0776 e. The summed E-state index contributed by atoms with van der Waals surface area (Å²) in [4.78, 5) is 4.47. The fraction of sp³-hybridized carbons (Fsp3) is 1.00. The Morgan fingerprint density at radius 3 is 1.25 bits per heavy atom. The molecule has 0 nitrogen and oxygen atoms in total. The number of alkyl halides is 2. The molecule has 0 heterocycles. The third-order valence-corrected chi connectivity index (χ3v) is 0. The lowest BCUT2D eigenvalue weighted by Gasteiger charge is -1.22. The first-order valence-corrected chi connectivity index (χ1v) is 5.07. The maximum absolute atomic E-state index is 2.24. The first-order valence-electron chi connectivity index (χ1n) is 0.756. The maximum atomic E-state index is 2.24. The fourth-order valence-corrected chi connectivity index (χ4v) is 0. The molecular weight excluding hydrogens is 163 g/mol. The van der Waals surface area contributed by atoms with Gasteiger partial charge in [-0.25, -0.2) is 0 Å². The molecule has 4 heavy (non-hydrogen) atoms. The summed E-state index contributed by atoms with van der Waals surface area (Å²) in [6, 6.07) is 0. The number of halogens is 1. The number of rotatable bonds is 0. The van der Waals surface area contributed by atoms with Gasteiger partial charge in [0.05, 0.1) is 0 Å². The summed E-state index contributed by atoms with van der Waals surface area (Å²) in [5.74, 6) is 0. The normalized spacial score (nSPS) is 4.50. The monoisotopic (exact) mass is 173 g/mol. The van der Waals surface area contributed by atoms with Crippen molar-refractivity contribution in [3.05, 3.63) is 0 Å². The van der Waals surface area contributed by atoms with E-state index in [-0.39, 0.29) is 7.43 Å². The Bertz CT molecular complexity index is 3.25. The largest absolute Gasteiger partial charge is 0.261 e. The van der Waals surface area contributed by atoms with Gasteiger partial charge in [-0.1, -0.05) is 7.43 Å². The van der Waals surface area contributed by atoms with Gasteiger partial charge in [-0.15, -0.1) is 0 Å². The molecule has 28 valence electrons. The Balaban J connectivity index is 0. The minimum Gasteiger partial charge on any atom is -0.0776 e. The van der Waals surface area contributed by atoms with Crippen molar-refractivity contribution in [1.29, 1.82) is 0 Å². The molecule has 0 rings (SSSR count). The lowest BCUT2D eigenvalue weighted by Crippen LogP contribution is -3.59. The fourth-order valence-electron chi connectivity index (χ4n) is 0. The summed E-state index contributed by atoms with van der Waals surface area (Å²) < 4.78 is 0. The molecule has 0 aromatic rings. The van der Waals surface area contributed by atoms with Crippen LogP contribution in [-0.2, 0) is 0 Å². The molecule has 0 aromatic carbocycles. The molecule has 0 saturated heterocycles. The highest BCUT2D eigenvalue weighted by molar-refractivity contribution is 3.35. The molecule has 0 aromatic heterocycles. The second-order valence-corrected chi connectivity index (χ2v) is 2.54. The number of hydrogen-bond donors (Lipinski definition) is 0. The van der Waals surface area contributed by atoms with Crippen molar-refractivity contribution in [2.24, 2.45) is 0 Å². The Kier molecular flexibility index (Phi) is 20.5. The van der Waals surface area contributed by atoms with Crippen LogP contribution < -0.4 is 21.2 Å². The summed E-state index contributed by atoms with van der Waals surface area (Å²) >= 11 is 0.590. The van der Waals surface area contributed by atoms with Crippen LogP contribution in [0.4, 0.5) is 0 Å². The predicted octanol–water partition coefficient (Wildman–Crippen LogP) is -2.03. The van der Waals surface area contributed by atoms with Gasteiger partial charge < -0.3 is 0 Å². The first-order chi connectivity index (χ1) is 1.41. The van der Waals surface area contributed by atoms with Crippen LogP contribution >= 0.6 is 0 Å². The summed E-state index contributed by atoms with van der Waals surface area (Å²) in [5.41, 5.74) is 0. The van der Waals surface area contributed by atoms with E-state index in [4.69, 9.17) is 0 Å². The molecule has 0 unspecified atom stereocenters. The molecular formula is C3H10I+. The highest BCUT2D eigenvalue weighted by Gasteiger charge is 1.61. The molecule has 0 atom stereocenters. The van der Waals surface area contributed by atoms with Crippen molar-refractivity contribution in [2.45, 2.75) is 7.43 Å². The highest BCUT2D eigenvalue weighted by atomic mass is 127. The standard InChI is InChI=1S/C2H6I.CH4/c1-3-2;/h1-2H3;1H4/q+1;. The topological polar surface area (TPSA) is 0 Å². The van der Waals surface area contributed by atoms with E-state index >= 15 is 0 Å².